The fourth-order valence-electron chi connectivity index (χ4n) is 3.16. The quantitative estimate of drug-likeness (QED) is 0.880. The Kier molecular flexibility index (Phi) is 2.71. The Balaban J connectivity index is 1.89. The SMILES string of the molecule is CC(=O)N1N=C(c2cccs2)C[C@@]12C(=O)Nc1ccccc12. The molecule has 5 nitrogen and oxygen atoms in total. The van der Waals surface area contributed by atoms with Gasteiger partial charge in [-0.3, -0.25) is 9.59 Å². The number of carbonyl (C=O) groups excluding carboxylic acids is 2. The molecule has 3 heterocycles. The van der Waals surface area contributed by atoms with Crippen molar-refractivity contribution in [2.75, 3.05) is 5.32 Å². The van der Waals surface area contributed by atoms with Gasteiger partial charge >= 0.3 is 0 Å². The van der Waals surface area contributed by atoms with Gasteiger partial charge in [0.15, 0.2) is 5.54 Å². The van der Waals surface area contributed by atoms with E-state index in [1.54, 1.807) is 11.3 Å². The first-order valence-corrected chi connectivity index (χ1v) is 7.84. The second-order valence-electron chi connectivity index (χ2n) is 5.39. The molecule has 22 heavy (non-hydrogen) atoms. The van der Waals surface area contributed by atoms with Crippen molar-refractivity contribution >= 4 is 34.6 Å². The van der Waals surface area contributed by atoms with Gasteiger partial charge in [0.05, 0.1) is 10.6 Å². The molecule has 110 valence electrons. The topological polar surface area (TPSA) is 61.8 Å². The van der Waals surface area contributed by atoms with E-state index in [-0.39, 0.29) is 11.8 Å². The van der Waals surface area contributed by atoms with E-state index in [4.69, 9.17) is 0 Å². The molecule has 2 aliphatic rings. The van der Waals surface area contributed by atoms with Crippen LogP contribution >= 0.6 is 11.3 Å². The third-order valence-corrected chi connectivity index (χ3v) is 5.02. The standard InChI is InChI=1S/C16H13N3O2S/c1-10(20)19-16(9-13(18-19)14-7-4-8-22-14)11-5-2-3-6-12(11)17-15(16)21/h2-8H,9H2,1H3,(H,17,21)/t16-/m1/s1. The zero-order valence-corrected chi connectivity index (χ0v) is 12.7. The Bertz CT molecular complexity index is 813. The van der Waals surface area contributed by atoms with E-state index in [2.05, 4.69) is 10.4 Å². The third-order valence-electron chi connectivity index (χ3n) is 4.11. The van der Waals surface area contributed by atoms with Crippen LogP contribution in [0.1, 0.15) is 23.8 Å². The van der Waals surface area contributed by atoms with E-state index >= 15 is 0 Å². The molecule has 1 aromatic carbocycles. The summed E-state index contributed by atoms with van der Waals surface area (Å²) in [5.41, 5.74) is 1.28. The predicted molar refractivity (Wildman–Crippen MR) is 84.7 cm³/mol. The Labute approximate surface area is 131 Å². The molecule has 2 amide bonds. The van der Waals surface area contributed by atoms with Crippen LogP contribution in [-0.2, 0) is 15.1 Å². The number of fused-ring (bicyclic) bond motifs is 2. The first kappa shape index (κ1) is 13.2. The van der Waals surface area contributed by atoms with Gasteiger partial charge in [0, 0.05) is 24.6 Å². The van der Waals surface area contributed by atoms with E-state index in [0.29, 0.717) is 6.42 Å². The average Bonchev–Trinajstić information content (AvgIpc) is 3.20. The van der Waals surface area contributed by atoms with Crippen LogP contribution in [0, 0.1) is 0 Å². The smallest absolute Gasteiger partial charge is 0.257 e. The zero-order chi connectivity index (χ0) is 15.3. The van der Waals surface area contributed by atoms with Crippen molar-refractivity contribution in [2.45, 2.75) is 18.9 Å². The predicted octanol–water partition coefficient (Wildman–Crippen LogP) is 2.55. The van der Waals surface area contributed by atoms with Crippen LogP contribution in [0.15, 0.2) is 46.9 Å². The number of hydrogen-bond acceptors (Lipinski definition) is 4. The van der Waals surface area contributed by atoms with Crippen molar-refractivity contribution < 1.29 is 9.59 Å². The summed E-state index contributed by atoms with van der Waals surface area (Å²) in [6, 6.07) is 11.4. The highest BCUT2D eigenvalue weighted by molar-refractivity contribution is 7.12. The molecular weight excluding hydrogens is 298 g/mol. The maximum absolute atomic E-state index is 12.7. The van der Waals surface area contributed by atoms with Crippen LogP contribution in [0.4, 0.5) is 5.69 Å². The molecule has 1 atom stereocenters. The van der Waals surface area contributed by atoms with Gasteiger partial charge in [0.25, 0.3) is 5.91 Å². The summed E-state index contributed by atoms with van der Waals surface area (Å²) in [6.45, 7) is 1.44. The molecule has 1 N–H and O–H groups in total. The lowest BCUT2D eigenvalue weighted by atomic mass is 9.86. The van der Waals surface area contributed by atoms with E-state index in [1.165, 1.54) is 11.9 Å². The average molecular weight is 311 g/mol. The normalized spacial score (nSPS) is 22.7. The maximum atomic E-state index is 12.7. The molecule has 0 radical (unpaired) electrons. The minimum Gasteiger partial charge on any atom is -0.323 e. The number of carbonyl (C=O) groups is 2. The van der Waals surface area contributed by atoms with Crippen LogP contribution < -0.4 is 5.32 Å². The van der Waals surface area contributed by atoms with Crippen molar-refractivity contribution in [1.82, 2.24) is 5.01 Å². The fraction of sp³-hybridized carbons (Fsp3) is 0.188. The molecule has 0 saturated carbocycles. The maximum Gasteiger partial charge on any atom is 0.257 e. The Hall–Kier alpha value is -2.47. The van der Waals surface area contributed by atoms with Gasteiger partial charge in [0.2, 0.25) is 5.91 Å². The van der Waals surface area contributed by atoms with Gasteiger partial charge in [-0.15, -0.1) is 11.3 Å². The Morgan fingerprint density at radius 3 is 2.86 bits per heavy atom. The van der Waals surface area contributed by atoms with Crippen molar-refractivity contribution in [2.24, 2.45) is 5.10 Å². The van der Waals surface area contributed by atoms with Crippen LogP contribution in [0.2, 0.25) is 0 Å². The molecular formula is C16H13N3O2S. The minimum atomic E-state index is -1.05. The van der Waals surface area contributed by atoms with Gasteiger partial charge in [-0.2, -0.15) is 5.10 Å². The van der Waals surface area contributed by atoms with Gasteiger partial charge in [-0.25, -0.2) is 5.01 Å². The third kappa shape index (κ3) is 1.61. The van der Waals surface area contributed by atoms with Gasteiger partial charge in [-0.1, -0.05) is 24.3 Å². The number of hydrogen-bond donors (Lipinski definition) is 1. The van der Waals surface area contributed by atoms with E-state index in [0.717, 1.165) is 21.8 Å². The highest BCUT2D eigenvalue weighted by atomic mass is 32.1. The summed E-state index contributed by atoms with van der Waals surface area (Å²) in [5.74, 6) is -0.433. The summed E-state index contributed by atoms with van der Waals surface area (Å²) < 4.78 is 0. The molecule has 0 fully saturated rings. The number of rotatable bonds is 1. The fourth-order valence-corrected chi connectivity index (χ4v) is 3.87. The molecule has 0 bridgehead atoms. The number of amides is 2. The highest BCUT2D eigenvalue weighted by Crippen LogP contribution is 2.47. The number of anilines is 1. The van der Waals surface area contributed by atoms with E-state index in [1.807, 2.05) is 41.8 Å². The Morgan fingerprint density at radius 2 is 2.14 bits per heavy atom. The first-order valence-electron chi connectivity index (χ1n) is 6.96. The number of hydrazone groups is 1. The summed E-state index contributed by atoms with van der Waals surface area (Å²) in [5, 5.41) is 10.6. The van der Waals surface area contributed by atoms with Crippen molar-refractivity contribution in [3.05, 3.63) is 52.2 Å². The van der Waals surface area contributed by atoms with Gasteiger partial charge in [-0.05, 0) is 17.5 Å². The zero-order valence-electron chi connectivity index (χ0n) is 11.9. The molecule has 6 heteroatoms. The lowest BCUT2D eigenvalue weighted by Gasteiger charge is -2.29. The molecule has 0 aliphatic carbocycles. The van der Waals surface area contributed by atoms with Crippen LogP contribution in [0.3, 0.4) is 0 Å². The van der Waals surface area contributed by atoms with Crippen molar-refractivity contribution in [1.29, 1.82) is 0 Å². The van der Waals surface area contributed by atoms with Crippen molar-refractivity contribution in [3.63, 3.8) is 0 Å². The monoisotopic (exact) mass is 311 g/mol. The Morgan fingerprint density at radius 1 is 1.32 bits per heavy atom. The minimum absolute atomic E-state index is 0.195. The number of benzene rings is 1. The molecule has 1 spiro atoms. The highest BCUT2D eigenvalue weighted by Gasteiger charge is 2.56. The van der Waals surface area contributed by atoms with Crippen LogP contribution in [0.5, 0.6) is 0 Å². The second kappa shape index (κ2) is 4.51. The second-order valence-corrected chi connectivity index (χ2v) is 6.34. The number of nitrogens with zero attached hydrogens (tertiary/aromatic N) is 2. The largest absolute Gasteiger partial charge is 0.323 e. The number of para-hydroxylation sites is 1. The summed E-state index contributed by atoms with van der Waals surface area (Å²) in [6.07, 6.45) is 0.399. The number of thiophene rings is 1. The van der Waals surface area contributed by atoms with Crippen LogP contribution in [0.25, 0.3) is 0 Å². The molecule has 2 aromatic rings. The molecule has 4 rings (SSSR count). The van der Waals surface area contributed by atoms with Gasteiger partial charge < -0.3 is 5.32 Å². The molecule has 0 unspecified atom stereocenters. The number of nitrogens with one attached hydrogen (secondary N) is 1. The molecule has 1 aromatic heterocycles. The summed E-state index contributed by atoms with van der Waals surface area (Å²) in [7, 11) is 0. The lowest BCUT2D eigenvalue weighted by Crippen LogP contribution is -2.47. The summed E-state index contributed by atoms with van der Waals surface area (Å²) >= 11 is 1.56. The molecule has 0 saturated heterocycles. The summed E-state index contributed by atoms with van der Waals surface area (Å²) in [4.78, 5) is 25.8. The lowest BCUT2D eigenvalue weighted by molar-refractivity contribution is -0.142. The first-order chi connectivity index (χ1) is 10.6. The van der Waals surface area contributed by atoms with Crippen molar-refractivity contribution in [3.8, 4) is 0 Å². The van der Waals surface area contributed by atoms with Crippen LogP contribution in [-0.4, -0.2) is 22.5 Å². The van der Waals surface area contributed by atoms with E-state index in [9.17, 15) is 9.59 Å². The van der Waals surface area contributed by atoms with E-state index < -0.39 is 5.54 Å². The molecule has 2 aliphatic heterocycles. The van der Waals surface area contributed by atoms with Gasteiger partial charge in [0.1, 0.15) is 0 Å².